The lowest BCUT2D eigenvalue weighted by Crippen LogP contribution is -2.36. The number of aromatic nitrogens is 8. The first kappa shape index (κ1) is 30.8. The minimum atomic E-state index is -4.43. The van der Waals surface area contributed by atoms with Crippen LogP contribution >= 0.6 is 25.8 Å². The second-order valence-electron chi connectivity index (χ2n) is 9.97. The maximum absolute atomic E-state index is 13.3. The van der Waals surface area contributed by atoms with Crippen LogP contribution in [0.5, 0.6) is 0 Å². The molecule has 0 radical (unpaired) electrons. The lowest BCUT2D eigenvalue weighted by molar-refractivity contribution is -0.129. The predicted molar refractivity (Wildman–Crippen MR) is 155 cm³/mol. The second kappa shape index (κ2) is 10.9. The number of nitrogens with zero attached hydrogens (tertiary/aromatic N) is 6. The molecule has 0 aromatic carbocycles. The largest absolute Gasteiger partial charge is 0.386 e. The van der Waals surface area contributed by atoms with Crippen LogP contribution in [-0.2, 0) is 43.9 Å². The van der Waals surface area contributed by atoms with Gasteiger partial charge in [-0.15, -0.1) is 0 Å². The van der Waals surface area contributed by atoms with E-state index in [0.29, 0.717) is 0 Å². The Morgan fingerprint density at radius 3 is 2.02 bits per heavy atom. The number of nitrogens with one attached hydrogen (secondary N) is 2. The van der Waals surface area contributed by atoms with Crippen molar-refractivity contribution in [1.82, 2.24) is 39.0 Å². The number of hydrogen-bond acceptors (Lipinski definition) is 18. The number of H-pyrrole nitrogens is 2. The zero-order chi connectivity index (χ0) is 32.0. The Labute approximate surface area is 258 Å². The summed E-state index contributed by atoms with van der Waals surface area (Å²) < 4.78 is 49.5. The van der Waals surface area contributed by atoms with E-state index in [-0.39, 0.29) is 34.2 Å². The summed E-state index contributed by atoms with van der Waals surface area (Å²) in [6, 6.07) is 0. The van der Waals surface area contributed by atoms with Crippen molar-refractivity contribution in [2.45, 2.75) is 49.3 Å². The fraction of sp³-hybridized carbons (Fsp3) is 0.474. The fourth-order valence-corrected chi connectivity index (χ4v) is 8.24. The van der Waals surface area contributed by atoms with E-state index in [9.17, 15) is 29.3 Å². The minimum Gasteiger partial charge on any atom is -0.386 e. The molecule has 4 unspecified atom stereocenters. The van der Waals surface area contributed by atoms with Crippen LogP contribution in [0.25, 0.3) is 22.3 Å². The normalized spacial score (nSPS) is 37.4. The zero-order valence-corrected chi connectivity index (χ0v) is 25.6. The first-order valence-corrected chi connectivity index (χ1v) is 18.0. The highest BCUT2D eigenvalue weighted by atomic mass is 32.7. The highest BCUT2D eigenvalue weighted by molar-refractivity contribution is 8.44. The van der Waals surface area contributed by atoms with Crippen LogP contribution in [0.3, 0.4) is 0 Å². The molecule has 0 saturated carbocycles. The van der Waals surface area contributed by atoms with Crippen molar-refractivity contribution in [3.05, 3.63) is 33.4 Å². The van der Waals surface area contributed by atoms with Gasteiger partial charge in [0, 0.05) is 0 Å². The molecule has 3 saturated heterocycles. The van der Waals surface area contributed by atoms with E-state index in [4.69, 9.17) is 50.8 Å². The Balaban J connectivity index is 1.21. The molecule has 3 aliphatic heterocycles. The van der Waals surface area contributed by atoms with Crippen molar-refractivity contribution in [2.75, 3.05) is 18.1 Å². The number of rotatable bonds is 2. The maximum atomic E-state index is 13.3. The summed E-state index contributed by atoms with van der Waals surface area (Å²) in [6.45, 7) is -9.43. The Bertz CT molecular complexity index is 2040. The molecule has 242 valence electrons. The first-order valence-electron chi connectivity index (χ1n) is 12.7. The Morgan fingerprint density at radius 2 is 1.44 bits per heavy atom. The maximum Gasteiger partial charge on any atom is 0.386 e. The molecule has 0 amide bonds. The average Bonchev–Trinajstić information content (AvgIpc) is 3.69. The number of thiol groups is 1. The highest BCUT2D eigenvalue weighted by Crippen LogP contribution is 2.60. The van der Waals surface area contributed by atoms with Crippen molar-refractivity contribution in [1.29, 1.82) is 0 Å². The molecule has 4 aromatic rings. The Morgan fingerprint density at radius 1 is 0.911 bits per heavy atom. The van der Waals surface area contributed by atoms with Crippen LogP contribution in [0.4, 0.5) is 11.9 Å². The molecule has 3 fully saturated rings. The van der Waals surface area contributed by atoms with E-state index >= 15 is 0 Å². The zero-order valence-electron chi connectivity index (χ0n) is 22.1. The lowest BCUT2D eigenvalue weighted by Gasteiger charge is -2.27. The Kier molecular flexibility index (Phi) is 7.44. The molecule has 10 atom stereocenters. The third-order valence-electron chi connectivity index (χ3n) is 7.08. The molecule has 9 N–H and O–H groups in total. The number of nitrogens with two attached hydrogens (primary N) is 2. The molecule has 0 spiro atoms. The number of nitrogen functional groups attached to an aromatic ring is 2. The van der Waals surface area contributed by atoms with Crippen molar-refractivity contribution in [3.63, 3.8) is 0 Å². The summed E-state index contributed by atoms with van der Waals surface area (Å²) in [5.74, 6) is -0.484. The van der Waals surface area contributed by atoms with Gasteiger partial charge in [-0.2, -0.15) is 9.97 Å². The molecule has 4 aromatic heterocycles. The monoisotopic (exact) mass is 708 g/mol. The first-order chi connectivity index (χ1) is 21.2. The van der Waals surface area contributed by atoms with Gasteiger partial charge < -0.3 is 36.0 Å². The van der Waals surface area contributed by atoms with Gasteiger partial charge in [0.05, 0.1) is 19.3 Å². The molecule has 3 aliphatic rings. The van der Waals surface area contributed by atoms with E-state index in [2.05, 4.69) is 42.2 Å². The number of anilines is 2. The summed E-state index contributed by atoms with van der Waals surface area (Å²) in [7, 11) is 0. The average molecular weight is 709 g/mol. The van der Waals surface area contributed by atoms with E-state index in [1.807, 2.05) is 0 Å². The van der Waals surface area contributed by atoms with Crippen molar-refractivity contribution in [2.24, 2.45) is 0 Å². The summed E-state index contributed by atoms with van der Waals surface area (Å²) >= 11 is 9.20. The van der Waals surface area contributed by atoms with Gasteiger partial charge >= 0.3 is 13.5 Å². The van der Waals surface area contributed by atoms with Gasteiger partial charge in [0.1, 0.15) is 30.5 Å². The molecule has 0 bridgehead atoms. The standard InChI is InChI=1S/C19H22N10O12P2S2/c20-18-24-11-5(13(32)26-18)22-2-28(11)15-7(30)9-4(37-15)1-36-42(34,44)40-10-8(31)16(38-17(10)41-43(35,45)39-9)29-3-23-6-12(29)25-19(21)27-14(6)33/h2-4,7-10,15-17,30-31H,1H2,(H,34,44)(H,35,45)(H3,20,24,26,32)(H3,21,25,27,33)/t4-,7+,8?,9?,10-,15-,16-,17-,42?,43?/m1/s1. The molecule has 45 heavy (non-hydrogen) atoms. The van der Waals surface area contributed by atoms with Gasteiger partial charge in [-0.1, -0.05) is 12.2 Å². The molecule has 0 aliphatic carbocycles. The number of imidazole rings is 2. The van der Waals surface area contributed by atoms with Crippen molar-refractivity contribution >= 4 is 71.8 Å². The number of aliphatic hydroxyl groups is 2. The van der Waals surface area contributed by atoms with Crippen LogP contribution in [0, 0.1) is 0 Å². The molecule has 26 heteroatoms. The van der Waals surface area contributed by atoms with E-state index in [1.165, 1.54) is 4.57 Å². The summed E-state index contributed by atoms with van der Waals surface area (Å²) in [6.07, 6.45) is -10.1. The number of fused-ring (bicyclic) bond motifs is 4. The molecule has 7 heterocycles. The number of ether oxygens (including phenoxy) is 2. The van der Waals surface area contributed by atoms with Gasteiger partial charge in [0.25, 0.3) is 11.1 Å². The quantitative estimate of drug-likeness (QED) is 0.0821. The molecular weight excluding hydrogens is 686 g/mol. The number of hydrogen-bond donors (Lipinski definition) is 8. The second-order valence-corrected chi connectivity index (χ2v) is 15.6. The predicted octanol–water partition coefficient (Wildman–Crippen LogP) is -2.04. The molecule has 22 nitrogen and oxygen atoms in total. The minimum absolute atomic E-state index is 0.0443. The van der Waals surface area contributed by atoms with Crippen LogP contribution in [0.15, 0.2) is 22.2 Å². The van der Waals surface area contributed by atoms with Gasteiger partial charge in [-0.25, -0.2) is 14.5 Å². The van der Waals surface area contributed by atoms with Crippen LogP contribution in [0.2, 0.25) is 0 Å². The highest BCUT2D eigenvalue weighted by Gasteiger charge is 2.55. The van der Waals surface area contributed by atoms with Gasteiger partial charge in [0.15, 0.2) is 41.1 Å². The number of aliphatic hydroxyl groups excluding tert-OH is 2. The topological polar surface area (TPSA) is 312 Å². The summed E-state index contributed by atoms with van der Waals surface area (Å²) in [5.41, 5.74) is 9.63. The molecular formula is C19H22N10O12P2S2. The fourth-order valence-electron chi connectivity index (χ4n) is 5.18. The van der Waals surface area contributed by atoms with Crippen molar-refractivity contribution < 1.29 is 47.2 Å². The third-order valence-corrected chi connectivity index (χ3v) is 10.2. The van der Waals surface area contributed by atoms with E-state index in [1.54, 1.807) is 0 Å². The smallest absolute Gasteiger partial charge is 0.386 e. The van der Waals surface area contributed by atoms with Crippen LogP contribution in [-0.4, -0.2) is 97.6 Å². The van der Waals surface area contributed by atoms with E-state index < -0.39 is 80.5 Å². The van der Waals surface area contributed by atoms with Gasteiger partial charge in [0.2, 0.25) is 11.9 Å². The summed E-state index contributed by atoms with van der Waals surface area (Å²) in [5, 5.41) is 22.5. The Hall–Kier alpha value is -2.83. The SMILES string of the molecule is Nc1nc2c(ncn2[C@@H]2O[C@@H]3OP(O)(=S)OC4[C@@H](COP(=O)(S)O[C@@H]3C2O)O[C@@H](n2cnc3c(=O)[nH]c(N)nc32)[C@H]4O)c(=O)[nH]1. The van der Waals surface area contributed by atoms with Gasteiger partial charge in [-0.05, 0) is 11.8 Å². The van der Waals surface area contributed by atoms with Crippen LogP contribution in [0.1, 0.15) is 12.5 Å². The van der Waals surface area contributed by atoms with E-state index in [0.717, 1.165) is 17.2 Å². The molecule has 7 rings (SSSR count). The van der Waals surface area contributed by atoms with Crippen molar-refractivity contribution in [3.8, 4) is 0 Å². The van der Waals surface area contributed by atoms with Crippen LogP contribution < -0.4 is 22.6 Å². The van der Waals surface area contributed by atoms with Gasteiger partial charge in [-0.3, -0.25) is 46.8 Å². The number of aromatic amines is 2. The third kappa shape index (κ3) is 5.40. The summed E-state index contributed by atoms with van der Waals surface area (Å²) in [4.78, 5) is 56.2. The lowest BCUT2D eigenvalue weighted by atomic mass is 10.1.